The van der Waals surface area contributed by atoms with Crippen LogP contribution in [0.5, 0.6) is 0 Å². The molecule has 0 saturated heterocycles. The smallest absolute Gasteiger partial charge is 0.338 e. The highest BCUT2D eigenvalue weighted by molar-refractivity contribution is 5.95. The van der Waals surface area contributed by atoms with Crippen LogP contribution in [0.15, 0.2) is 102 Å². The first kappa shape index (κ1) is 22.1. The molecule has 1 unspecified atom stereocenters. The number of nitrogens with one attached hydrogen (secondary N) is 2. The quantitative estimate of drug-likeness (QED) is 0.503. The number of carbonyl (C=O) groups excluding carboxylic acids is 2. The van der Waals surface area contributed by atoms with Crippen LogP contribution in [0.2, 0.25) is 0 Å². The lowest BCUT2D eigenvalue weighted by Gasteiger charge is -2.29. The zero-order valence-electron chi connectivity index (χ0n) is 18.5. The Bertz CT molecular complexity index is 1120. The number of amides is 2. The van der Waals surface area contributed by atoms with Gasteiger partial charge in [-0.2, -0.15) is 0 Å². The van der Waals surface area contributed by atoms with Gasteiger partial charge in [0.05, 0.1) is 18.2 Å². The Hall–Kier alpha value is -4.06. The molecule has 33 heavy (non-hydrogen) atoms. The van der Waals surface area contributed by atoms with Crippen LogP contribution in [0.3, 0.4) is 0 Å². The Labute approximate surface area is 193 Å². The Morgan fingerprint density at radius 1 is 0.909 bits per heavy atom. The number of urea groups is 1. The number of rotatable bonds is 8. The monoisotopic (exact) mass is 441 g/mol. The zero-order chi connectivity index (χ0) is 23.0. The van der Waals surface area contributed by atoms with Crippen LogP contribution in [0.4, 0.5) is 10.5 Å². The number of nitrogens with zero attached hydrogens (tertiary/aromatic N) is 1. The van der Waals surface area contributed by atoms with E-state index in [9.17, 15) is 9.59 Å². The number of benzene rings is 3. The van der Waals surface area contributed by atoms with E-state index in [1.807, 2.05) is 78.9 Å². The van der Waals surface area contributed by atoms with E-state index in [2.05, 4.69) is 27.7 Å². The minimum absolute atomic E-state index is 0.215. The summed E-state index contributed by atoms with van der Waals surface area (Å²) >= 11 is 0. The summed E-state index contributed by atoms with van der Waals surface area (Å²) in [6.07, 6.45) is 0. The molecule has 2 N–H and O–H groups in total. The highest BCUT2D eigenvalue weighted by atomic mass is 16.5. The topological polar surface area (TPSA) is 70.7 Å². The highest BCUT2D eigenvalue weighted by Gasteiger charge is 2.32. The maximum Gasteiger partial charge on any atom is 0.338 e. The largest absolute Gasteiger partial charge is 0.460 e. The normalized spacial score (nSPS) is 15.4. The van der Waals surface area contributed by atoms with Gasteiger partial charge < -0.3 is 20.3 Å². The fourth-order valence-electron chi connectivity index (χ4n) is 3.93. The molecular weight excluding hydrogens is 414 g/mol. The van der Waals surface area contributed by atoms with Gasteiger partial charge in [0.1, 0.15) is 6.61 Å². The van der Waals surface area contributed by atoms with Crippen molar-refractivity contribution in [2.24, 2.45) is 0 Å². The van der Waals surface area contributed by atoms with Crippen molar-refractivity contribution in [1.29, 1.82) is 0 Å². The van der Waals surface area contributed by atoms with Crippen LogP contribution in [0.1, 0.15) is 24.1 Å². The van der Waals surface area contributed by atoms with Gasteiger partial charge in [0, 0.05) is 17.9 Å². The van der Waals surface area contributed by atoms with E-state index in [4.69, 9.17) is 4.74 Å². The van der Waals surface area contributed by atoms with Crippen molar-refractivity contribution in [3.63, 3.8) is 0 Å². The predicted octanol–water partition coefficient (Wildman–Crippen LogP) is 4.56. The molecule has 1 aliphatic heterocycles. The second kappa shape index (κ2) is 10.5. The van der Waals surface area contributed by atoms with Crippen molar-refractivity contribution >= 4 is 17.7 Å². The maximum atomic E-state index is 13.1. The first-order chi connectivity index (χ1) is 16.1. The molecule has 6 nitrogen and oxygen atoms in total. The van der Waals surface area contributed by atoms with Gasteiger partial charge in [0.15, 0.2) is 0 Å². The third-order valence-electron chi connectivity index (χ3n) is 5.55. The molecule has 0 radical (unpaired) electrons. The standard InChI is InChI=1S/C27H27N3O3/c1-20-24(25(29-27(32)28-20)22-13-7-3-8-14-22)26(31)33-18-17-30(23-15-9-4-10-16-23)19-21-11-5-2-6-12-21/h2-16,25H,17-19H2,1H3,(H2,28,29,32). The molecular formula is C27H27N3O3. The third-order valence-corrected chi connectivity index (χ3v) is 5.55. The molecule has 168 valence electrons. The van der Waals surface area contributed by atoms with Crippen LogP contribution < -0.4 is 15.5 Å². The van der Waals surface area contributed by atoms with E-state index in [0.717, 1.165) is 11.3 Å². The van der Waals surface area contributed by atoms with Crippen LogP contribution in [0.25, 0.3) is 0 Å². The SMILES string of the molecule is CC1=C(C(=O)OCCN(Cc2ccccc2)c2ccccc2)C(c2ccccc2)NC(=O)N1. The van der Waals surface area contributed by atoms with Crippen LogP contribution >= 0.6 is 0 Å². The second-order valence-electron chi connectivity index (χ2n) is 7.86. The van der Waals surface area contributed by atoms with E-state index in [-0.39, 0.29) is 12.6 Å². The van der Waals surface area contributed by atoms with E-state index in [1.165, 1.54) is 5.56 Å². The number of anilines is 1. The highest BCUT2D eigenvalue weighted by Crippen LogP contribution is 2.27. The van der Waals surface area contributed by atoms with Gasteiger partial charge in [-0.05, 0) is 30.2 Å². The number of hydrogen-bond donors (Lipinski definition) is 2. The summed E-state index contributed by atoms with van der Waals surface area (Å²) in [5, 5.41) is 5.52. The fourth-order valence-corrected chi connectivity index (χ4v) is 3.93. The van der Waals surface area contributed by atoms with E-state index >= 15 is 0 Å². The van der Waals surface area contributed by atoms with Gasteiger partial charge >= 0.3 is 12.0 Å². The van der Waals surface area contributed by atoms with Gasteiger partial charge in [-0.15, -0.1) is 0 Å². The molecule has 0 spiro atoms. The lowest BCUT2D eigenvalue weighted by molar-refractivity contribution is -0.139. The van der Waals surface area contributed by atoms with E-state index in [0.29, 0.717) is 24.4 Å². The number of ether oxygens (including phenoxy) is 1. The van der Waals surface area contributed by atoms with Crippen molar-refractivity contribution in [2.45, 2.75) is 19.5 Å². The summed E-state index contributed by atoms with van der Waals surface area (Å²) in [5.74, 6) is -0.443. The predicted molar refractivity (Wildman–Crippen MR) is 128 cm³/mol. The molecule has 2 amide bonds. The molecule has 0 bridgehead atoms. The number of para-hydroxylation sites is 1. The van der Waals surface area contributed by atoms with Gasteiger partial charge in [-0.25, -0.2) is 9.59 Å². The Balaban J connectivity index is 1.46. The lowest BCUT2D eigenvalue weighted by Crippen LogP contribution is -2.45. The molecule has 0 saturated carbocycles. The molecule has 1 aliphatic rings. The molecule has 6 heteroatoms. The molecule has 0 aromatic heterocycles. The van der Waals surface area contributed by atoms with Gasteiger partial charge in [0.2, 0.25) is 0 Å². The van der Waals surface area contributed by atoms with Gasteiger partial charge in [-0.3, -0.25) is 0 Å². The molecule has 4 rings (SSSR count). The van der Waals surface area contributed by atoms with Crippen LogP contribution in [0, 0.1) is 0 Å². The Morgan fingerprint density at radius 3 is 2.18 bits per heavy atom. The third kappa shape index (κ3) is 5.60. The van der Waals surface area contributed by atoms with Crippen LogP contribution in [-0.4, -0.2) is 25.2 Å². The van der Waals surface area contributed by atoms with Crippen molar-refractivity contribution in [3.05, 3.63) is 113 Å². The molecule has 1 atom stereocenters. The number of carbonyl (C=O) groups is 2. The number of hydrogen-bond acceptors (Lipinski definition) is 4. The number of allylic oxidation sites excluding steroid dienone is 1. The summed E-state index contributed by atoms with van der Waals surface area (Å²) < 4.78 is 5.70. The maximum absolute atomic E-state index is 13.1. The molecule has 3 aromatic carbocycles. The Kier molecular flexibility index (Phi) is 7.05. The average molecular weight is 442 g/mol. The van der Waals surface area contributed by atoms with Gasteiger partial charge in [0.25, 0.3) is 0 Å². The molecule has 0 fully saturated rings. The summed E-state index contributed by atoms with van der Waals surface area (Å²) in [5.41, 5.74) is 3.97. The Morgan fingerprint density at radius 2 is 1.52 bits per heavy atom. The minimum atomic E-state index is -0.554. The molecule has 1 heterocycles. The van der Waals surface area contributed by atoms with Crippen LogP contribution in [-0.2, 0) is 16.1 Å². The fraction of sp³-hybridized carbons (Fsp3) is 0.185. The van der Waals surface area contributed by atoms with Crippen molar-refractivity contribution in [2.75, 3.05) is 18.1 Å². The molecule has 3 aromatic rings. The summed E-state index contributed by atoms with van der Waals surface area (Å²) in [7, 11) is 0. The average Bonchev–Trinajstić information content (AvgIpc) is 2.84. The molecule has 0 aliphatic carbocycles. The van der Waals surface area contributed by atoms with Gasteiger partial charge in [-0.1, -0.05) is 78.9 Å². The first-order valence-corrected chi connectivity index (χ1v) is 11.0. The zero-order valence-corrected chi connectivity index (χ0v) is 18.5. The summed E-state index contributed by atoms with van der Waals surface area (Å²) in [6.45, 7) is 3.17. The summed E-state index contributed by atoms with van der Waals surface area (Å²) in [4.78, 5) is 27.3. The van der Waals surface area contributed by atoms with E-state index < -0.39 is 12.0 Å². The van der Waals surface area contributed by atoms with E-state index in [1.54, 1.807) is 6.92 Å². The number of esters is 1. The first-order valence-electron chi connectivity index (χ1n) is 11.0. The second-order valence-corrected chi connectivity index (χ2v) is 7.86. The van der Waals surface area contributed by atoms with Crippen molar-refractivity contribution < 1.29 is 14.3 Å². The lowest BCUT2D eigenvalue weighted by atomic mass is 9.96. The summed E-state index contributed by atoms with van der Waals surface area (Å²) in [6, 6.07) is 28.8. The van der Waals surface area contributed by atoms with Crippen molar-refractivity contribution in [1.82, 2.24) is 10.6 Å². The minimum Gasteiger partial charge on any atom is -0.460 e. The van der Waals surface area contributed by atoms with Crippen molar-refractivity contribution in [3.8, 4) is 0 Å².